The van der Waals surface area contributed by atoms with Crippen molar-refractivity contribution >= 4 is 18.3 Å². The van der Waals surface area contributed by atoms with Crippen LogP contribution < -0.4 is 0 Å². The molecule has 0 spiro atoms. The van der Waals surface area contributed by atoms with Crippen molar-refractivity contribution in [2.45, 2.75) is 6.42 Å². The molecular formula is C14H12O3. The van der Waals surface area contributed by atoms with Crippen LogP contribution in [0.5, 0.6) is 0 Å². The van der Waals surface area contributed by atoms with Gasteiger partial charge in [-0.2, -0.15) is 0 Å². The van der Waals surface area contributed by atoms with Gasteiger partial charge in [-0.05, 0) is 23.8 Å². The molecule has 3 heteroatoms. The van der Waals surface area contributed by atoms with Gasteiger partial charge in [-0.1, -0.05) is 24.0 Å². The molecule has 1 rings (SSSR count). The van der Waals surface area contributed by atoms with E-state index in [1.54, 1.807) is 6.08 Å². The topological polar surface area (TPSA) is 43.4 Å². The number of rotatable bonds is 3. The van der Waals surface area contributed by atoms with Crippen molar-refractivity contribution in [2.24, 2.45) is 0 Å². The number of hydrogen-bond acceptors (Lipinski definition) is 3. The number of esters is 1. The summed E-state index contributed by atoms with van der Waals surface area (Å²) in [7, 11) is 1.33. The van der Waals surface area contributed by atoms with E-state index in [4.69, 9.17) is 0 Å². The predicted molar refractivity (Wildman–Crippen MR) is 65.1 cm³/mol. The number of carbonyl (C=O) groups is 2. The molecule has 0 aromatic heterocycles. The van der Waals surface area contributed by atoms with E-state index in [0.717, 1.165) is 17.4 Å². The van der Waals surface area contributed by atoms with Crippen LogP contribution in [-0.2, 0) is 14.3 Å². The highest BCUT2D eigenvalue weighted by Gasteiger charge is 1.92. The minimum Gasteiger partial charge on any atom is -0.466 e. The molecule has 0 N–H and O–H groups in total. The van der Waals surface area contributed by atoms with E-state index in [1.807, 2.05) is 24.3 Å². The van der Waals surface area contributed by atoms with Gasteiger partial charge in [-0.25, -0.2) is 4.79 Å². The zero-order valence-electron chi connectivity index (χ0n) is 9.47. The van der Waals surface area contributed by atoms with Gasteiger partial charge in [0.2, 0.25) is 0 Å². The van der Waals surface area contributed by atoms with Crippen LogP contribution in [-0.4, -0.2) is 19.4 Å². The number of hydrogen-bond donors (Lipinski definition) is 0. The third-order valence-corrected chi connectivity index (χ3v) is 1.94. The van der Waals surface area contributed by atoms with E-state index >= 15 is 0 Å². The zero-order valence-corrected chi connectivity index (χ0v) is 9.47. The summed E-state index contributed by atoms with van der Waals surface area (Å²) in [6.07, 6.45) is 4.02. The van der Waals surface area contributed by atoms with Crippen molar-refractivity contribution in [1.82, 2.24) is 0 Å². The van der Waals surface area contributed by atoms with Gasteiger partial charge < -0.3 is 9.53 Å². The molecule has 0 unspecified atom stereocenters. The lowest BCUT2D eigenvalue weighted by Gasteiger charge is -1.94. The Bertz CT molecular complexity index is 472. The van der Waals surface area contributed by atoms with Crippen LogP contribution in [0.25, 0.3) is 6.08 Å². The van der Waals surface area contributed by atoms with Crippen LogP contribution in [0.2, 0.25) is 0 Å². The first-order chi connectivity index (χ1) is 8.26. The Morgan fingerprint density at radius 3 is 2.65 bits per heavy atom. The van der Waals surface area contributed by atoms with Gasteiger partial charge in [-0.3, -0.25) is 0 Å². The normalized spacial score (nSPS) is 9.47. The maximum absolute atomic E-state index is 10.9. The van der Waals surface area contributed by atoms with Crippen LogP contribution >= 0.6 is 0 Å². The molecule has 1 aromatic rings. The van der Waals surface area contributed by atoms with Gasteiger partial charge in [0, 0.05) is 11.6 Å². The molecule has 0 aliphatic carbocycles. The molecule has 0 aliphatic rings. The maximum atomic E-state index is 10.9. The van der Waals surface area contributed by atoms with Crippen molar-refractivity contribution in [3.63, 3.8) is 0 Å². The smallest absolute Gasteiger partial charge is 0.330 e. The molecule has 3 nitrogen and oxygen atoms in total. The van der Waals surface area contributed by atoms with Gasteiger partial charge in [0.05, 0.1) is 13.5 Å². The number of aldehydes is 1. The second kappa shape index (κ2) is 7.02. The third-order valence-electron chi connectivity index (χ3n) is 1.94. The average molecular weight is 228 g/mol. The maximum Gasteiger partial charge on any atom is 0.330 e. The zero-order chi connectivity index (χ0) is 12.5. The third kappa shape index (κ3) is 4.80. The lowest BCUT2D eigenvalue weighted by molar-refractivity contribution is -0.134. The Labute approximate surface area is 100 Å². The summed E-state index contributed by atoms with van der Waals surface area (Å²) in [6.45, 7) is 0. The Balaban J connectivity index is 2.69. The van der Waals surface area contributed by atoms with E-state index in [0.29, 0.717) is 0 Å². The SMILES string of the molecule is COC(=O)/C=C/c1ccc(C#CCC=O)cc1. The molecule has 0 aliphatic heterocycles. The van der Waals surface area contributed by atoms with E-state index < -0.39 is 0 Å². The summed E-state index contributed by atoms with van der Waals surface area (Å²) < 4.78 is 4.48. The summed E-state index contributed by atoms with van der Waals surface area (Å²) in [5.74, 6) is 5.18. The highest BCUT2D eigenvalue weighted by atomic mass is 16.5. The molecule has 0 atom stereocenters. The molecule has 0 heterocycles. The Kier molecular flexibility index (Phi) is 5.26. The van der Waals surface area contributed by atoms with Crippen molar-refractivity contribution < 1.29 is 14.3 Å². The highest BCUT2D eigenvalue weighted by molar-refractivity contribution is 5.86. The Hall–Kier alpha value is -2.34. The summed E-state index contributed by atoms with van der Waals surface area (Å²) in [6, 6.07) is 7.33. The fourth-order valence-electron chi connectivity index (χ4n) is 1.10. The first kappa shape index (κ1) is 12.7. The van der Waals surface area contributed by atoms with Crippen molar-refractivity contribution in [3.8, 4) is 11.8 Å². The molecule has 17 heavy (non-hydrogen) atoms. The molecule has 0 fully saturated rings. The van der Waals surface area contributed by atoms with E-state index in [1.165, 1.54) is 13.2 Å². The molecule has 0 saturated heterocycles. The van der Waals surface area contributed by atoms with E-state index in [9.17, 15) is 9.59 Å². The largest absolute Gasteiger partial charge is 0.466 e. The van der Waals surface area contributed by atoms with Crippen LogP contribution in [0.1, 0.15) is 17.5 Å². The van der Waals surface area contributed by atoms with Crippen LogP contribution in [0.4, 0.5) is 0 Å². The first-order valence-electron chi connectivity index (χ1n) is 5.05. The number of carbonyl (C=O) groups excluding carboxylic acids is 2. The summed E-state index contributed by atoms with van der Waals surface area (Å²) in [5, 5.41) is 0. The molecule has 86 valence electrons. The van der Waals surface area contributed by atoms with Gasteiger partial charge >= 0.3 is 5.97 Å². The van der Waals surface area contributed by atoms with Crippen molar-refractivity contribution in [3.05, 3.63) is 41.5 Å². The minimum atomic E-state index is -0.389. The van der Waals surface area contributed by atoms with Crippen LogP contribution in [0.3, 0.4) is 0 Å². The number of ether oxygens (including phenoxy) is 1. The minimum absolute atomic E-state index is 0.240. The standard InChI is InChI=1S/C14H12O3/c1-17-14(16)10-9-13-7-5-12(6-8-13)4-2-3-11-15/h5-11H,3H2,1H3/b10-9+. The second-order valence-electron chi connectivity index (χ2n) is 3.15. The quantitative estimate of drug-likeness (QED) is 0.343. The highest BCUT2D eigenvalue weighted by Crippen LogP contribution is 2.05. The number of methoxy groups -OCH3 is 1. The fourth-order valence-corrected chi connectivity index (χ4v) is 1.10. The number of benzene rings is 1. The molecule has 1 aromatic carbocycles. The fraction of sp³-hybridized carbons (Fsp3) is 0.143. The molecule has 0 amide bonds. The van der Waals surface area contributed by atoms with Crippen LogP contribution in [0, 0.1) is 11.8 Å². The molecule has 0 saturated carbocycles. The second-order valence-corrected chi connectivity index (χ2v) is 3.15. The molecule has 0 bridgehead atoms. The lowest BCUT2D eigenvalue weighted by atomic mass is 10.1. The molecule has 0 radical (unpaired) electrons. The van der Waals surface area contributed by atoms with Crippen LogP contribution in [0.15, 0.2) is 30.3 Å². The van der Waals surface area contributed by atoms with E-state index in [2.05, 4.69) is 16.6 Å². The summed E-state index contributed by atoms with van der Waals surface area (Å²) >= 11 is 0. The van der Waals surface area contributed by atoms with Gasteiger partial charge in [0.1, 0.15) is 6.29 Å². The average Bonchev–Trinajstić information content (AvgIpc) is 2.37. The Morgan fingerprint density at radius 1 is 1.35 bits per heavy atom. The Morgan fingerprint density at radius 2 is 2.06 bits per heavy atom. The van der Waals surface area contributed by atoms with Gasteiger partial charge in [0.15, 0.2) is 0 Å². The predicted octanol–water partition coefficient (Wildman–Crippen LogP) is 1.81. The summed E-state index contributed by atoms with van der Waals surface area (Å²) in [5.41, 5.74) is 1.72. The van der Waals surface area contributed by atoms with Gasteiger partial charge in [-0.15, -0.1) is 0 Å². The lowest BCUT2D eigenvalue weighted by Crippen LogP contribution is -1.93. The van der Waals surface area contributed by atoms with Gasteiger partial charge in [0.25, 0.3) is 0 Å². The van der Waals surface area contributed by atoms with Crippen molar-refractivity contribution in [2.75, 3.05) is 7.11 Å². The van der Waals surface area contributed by atoms with Crippen molar-refractivity contribution in [1.29, 1.82) is 0 Å². The van der Waals surface area contributed by atoms with E-state index in [-0.39, 0.29) is 12.4 Å². The first-order valence-corrected chi connectivity index (χ1v) is 5.05. The molecular weight excluding hydrogens is 216 g/mol. The monoisotopic (exact) mass is 228 g/mol. The summed E-state index contributed by atoms with van der Waals surface area (Å²) in [4.78, 5) is 20.9.